The molecule has 2 amide bonds. The summed E-state index contributed by atoms with van der Waals surface area (Å²) in [5.74, 6) is 1.23. The molecule has 23 heavy (non-hydrogen) atoms. The van der Waals surface area contributed by atoms with E-state index in [1.807, 2.05) is 0 Å². The molecule has 0 fully saturated rings. The van der Waals surface area contributed by atoms with Crippen LogP contribution in [0.25, 0.3) is 0 Å². The molecule has 1 heterocycles. The average molecular weight is 320 g/mol. The Morgan fingerprint density at radius 3 is 2.09 bits per heavy atom. The smallest absolute Gasteiger partial charge is 0.319 e. The summed E-state index contributed by atoms with van der Waals surface area (Å²) in [6.45, 7) is 3.16. The van der Waals surface area contributed by atoms with Gasteiger partial charge < -0.3 is 24.8 Å². The first-order valence-corrected chi connectivity index (χ1v) is 7.02. The van der Waals surface area contributed by atoms with Crippen molar-refractivity contribution in [1.82, 2.24) is 10.6 Å². The Hall–Kier alpha value is -2.70. The molecule has 1 atom stereocenters. The van der Waals surface area contributed by atoms with Crippen LogP contribution in [-0.4, -0.2) is 33.1 Å². The second-order valence-corrected chi connectivity index (χ2v) is 5.09. The largest absolute Gasteiger partial charge is 0.493 e. The molecule has 0 saturated heterocycles. The third-order valence-corrected chi connectivity index (χ3v) is 3.67. The third kappa shape index (κ3) is 3.08. The highest BCUT2D eigenvalue weighted by atomic mass is 16.5. The molecular weight excluding hydrogens is 300 g/mol. The van der Waals surface area contributed by atoms with Crippen LogP contribution in [0.1, 0.15) is 25.5 Å². The van der Waals surface area contributed by atoms with Gasteiger partial charge in [0.15, 0.2) is 17.3 Å². The lowest BCUT2D eigenvalue weighted by molar-refractivity contribution is -0.114. The summed E-state index contributed by atoms with van der Waals surface area (Å²) >= 11 is 0. The normalized spacial score (nSPS) is 17.3. The average Bonchev–Trinajstić information content (AvgIpc) is 2.51. The molecule has 7 heteroatoms. The minimum Gasteiger partial charge on any atom is -0.493 e. The Bertz CT molecular complexity index is 656. The Morgan fingerprint density at radius 1 is 1.09 bits per heavy atom. The van der Waals surface area contributed by atoms with Gasteiger partial charge in [0.05, 0.1) is 27.4 Å². The maximum atomic E-state index is 12.0. The topological polar surface area (TPSA) is 85.9 Å². The van der Waals surface area contributed by atoms with Crippen molar-refractivity contribution in [2.45, 2.75) is 19.9 Å². The second-order valence-electron chi connectivity index (χ2n) is 5.09. The molecule has 0 aliphatic carbocycles. The van der Waals surface area contributed by atoms with Gasteiger partial charge in [-0.1, -0.05) is 0 Å². The molecule has 2 N–H and O–H groups in total. The first kappa shape index (κ1) is 16.7. The molecule has 1 aromatic rings. The van der Waals surface area contributed by atoms with Crippen LogP contribution >= 0.6 is 0 Å². The lowest BCUT2D eigenvalue weighted by Gasteiger charge is -2.28. The van der Waals surface area contributed by atoms with Crippen molar-refractivity contribution in [3.05, 3.63) is 29.0 Å². The van der Waals surface area contributed by atoms with Gasteiger partial charge in [-0.2, -0.15) is 0 Å². The summed E-state index contributed by atoms with van der Waals surface area (Å²) in [7, 11) is 4.53. The van der Waals surface area contributed by atoms with Crippen LogP contribution in [-0.2, 0) is 4.79 Å². The van der Waals surface area contributed by atoms with E-state index in [2.05, 4.69) is 10.6 Å². The predicted molar refractivity (Wildman–Crippen MR) is 83.9 cm³/mol. The zero-order valence-electron chi connectivity index (χ0n) is 13.8. The minimum atomic E-state index is -0.588. The number of ether oxygens (including phenoxy) is 3. The van der Waals surface area contributed by atoms with Crippen LogP contribution in [0.2, 0.25) is 0 Å². The van der Waals surface area contributed by atoms with Crippen molar-refractivity contribution >= 4 is 11.8 Å². The molecule has 0 spiro atoms. The fourth-order valence-electron chi connectivity index (χ4n) is 2.68. The van der Waals surface area contributed by atoms with Crippen molar-refractivity contribution in [2.24, 2.45) is 0 Å². The Morgan fingerprint density at radius 2 is 1.65 bits per heavy atom. The number of methoxy groups -OCH3 is 3. The van der Waals surface area contributed by atoms with E-state index in [1.165, 1.54) is 28.3 Å². The van der Waals surface area contributed by atoms with E-state index >= 15 is 0 Å². The van der Waals surface area contributed by atoms with Crippen molar-refractivity contribution in [3.8, 4) is 17.2 Å². The second kappa shape index (κ2) is 6.60. The predicted octanol–water partition coefficient (Wildman–Crippen LogP) is 1.93. The molecule has 0 bridgehead atoms. The van der Waals surface area contributed by atoms with Crippen LogP contribution in [0.3, 0.4) is 0 Å². The first-order valence-electron chi connectivity index (χ1n) is 7.02. The van der Waals surface area contributed by atoms with Gasteiger partial charge in [0.25, 0.3) is 0 Å². The van der Waals surface area contributed by atoms with Crippen LogP contribution in [0.15, 0.2) is 23.4 Å². The monoisotopic (exact) mass is 320 g/mol. The quantitative estimate of drug-likeness (QED) is 0.866. The number of urea groups is 1. The highest BCUT2D eigenvalue weighted by Gasteiger charge is 2.30. The highest BCUT2D eigenvalue weighted by Crippen LogP contribution is 2.41. The van der Waals surface area contributed by atoms with Gasteiger partial charge in [-0.3, -0.25) is 4.79 Å². The summed E-state index contributed by atoms with van der Waals surface area (Å²) in [5, 5.41) is 5.37. The number of Topliss-reactive ketones (excluding diaryl/α,β-unsaturated/α-hetero) is 1. The standard InChI is InChI=1S/C16H20N2O5/c1-8-13(9(2)19)14(18-16(20)17-8)10-6-11(21-3)15(23-5)12(7-10)22-4/h6-7,14H,1-5H3,(H2,17,18,20)/t14-/m1/s1. The van der Waals surface area contributed by atoms with Gasteiger partial charge in [-0.15, -0.1) is 0 Å². The van der Waals surface area contributed by atoms with Gasteiger partial charge in [0.2, 0.25) is 5.75 Å². The maximum Gasteiger partial charge on any atom is 0.319 e. The van der Waals surface area contributed by atoms with Crippen molar-refractivity contribution in [2.75, 3.05) is 21.3 Å². The number of carbonyl (C=O) groups is 2. The van der Waals surface area contributed by atoms with E-state index in [0.717, 1.165) is 0 Å². The van der Waals surface area contributed by atoms with Crippen LogP contribution < -0.4 is 24.8 Å². The van der Waals surface area contributed by atoms with Crippen LogP contribution in [0.5, 0.6) is 17.2 Å². The highest BCUT2D eigenvalue weighted by molar-refractivity contribution is 5.98. The summed E-state index contributed by atoms with van der Waals surface area (Å²) in [6.07, 6.45) is 0. The molecule has 124 valence electrons. The number of allylic oxidation sites excluding steroid dienone is 1. The van der Waals surface area contributed by atoms with E-state index in [9.17, 15) is 9.59 Å². The maximum absolute atomic E-state index is 12.0. The number of ketones is 1. The number of hydrogen-bond donors (Lipinski definition) is 2. The van der Waals surface area contributed by atoms with E-state index in [1.54, 1.807) is 19.1 Å². The summed E-state index contributed by atoms with van der Waals surface area (Å²) in [4.78, 5) is 23.8. The third-order valence-electron chi connectivity index (χ3n) is 3.67. The van der Waals surface area contributed by atoms with Crippen LogP contribution in [0, 0.1) is 0 Å². The van der Waals surface area contributed by atoms with E-state index in [-0.39, 0.29) is 11.8 Å². The number of benzene rings is 1. The van der Waals surface area contributed by atoms with Gasteiger partial charge >= 0.3 is 6.03 Å². The Kier molecular flexibility index (Phi) is 4.78. The zero-order chi connectivity index (χ0) is 17.1. The molecule has 2 rings (SSSR count). The number of amides is 2. The van der Waals surface area contributed by atoms with Gasteiger partial charge in [-0.05, 0) is 31.5 Å². The summed E-state index contributed by atoms with van der Waals surface area (Å²) in [6, 6.07) is 2.48. The molecular formula is C16H20N2O5. The number of hydrogen-bond acceptors (Lipinski definition) is 5. The number of carbonyl (C=O) groups excluding carboxylic acids is 2. The Labute approximate surface area is 134 Å². The number of rotatable bonds is 5. The molecule has 0 aromatic heterocycles. The van der Waals surface area contributed by atoms with Crippen LogP contribution in [0.4, 0.5) is 4.79 Å². The molecule has 0 radical (unpaired) electrons. The van der Waals surface area contributed by atoms with E-state index < -0.39 is 6.04 Å². The van der Waals surface area contributed by atoms with E-state index in [4.69, 9.17) is 14.2 Å². The lowest BCUT2D eigenvalue weighted by Crippen LogP contribution is -2.44. The fourth-order valence-corrected chi connectivity index (χ4v) is 2.68. The Balaban J connectivity index is 2.62. The minimum absolute atomic E-state index is 0.131. The molecule has 1 aromatic carbocycles. The fraction of sp³-hybridized carbons (Fsp3) is 0.375. The molecule has 7 nitrogen and oxygen atoms in total. The number of nitrogens with one attached hydrogen (secondary N) is 2. The zero-order valence-corrected chi connectivity index (χ0v) is 13.8. The molecule has 1 aliphatic heterocycles. The van der Waals surface area contributed by atoms with Gasteiger partial charge in [-0.25, -0.2) is 4.79 Å². The molecule has 0 unspecified atom stereocenters. The lowest BCUT2D eigenvalue weighted by atomic mass is 9.92. The molecule has 1 aliphatic rings. The van der Waals surface area contributed by atoms with Crippen molar-refractivity contribution in [1.29, 1.82) is 0 Å². The van der Waals surface area contributed by atoms with Crippen molar-refractivity contribution in [3.63, 3.8) is 0 Å². The SMILES string of the molecule is COc1cc([C@H]2NC(=O)NC(C)=C2C(C)=O)cc(OC)c1OC. The summed E-state index contributed by atoms with van der Waals surface area (Å²) in [5.41, 5.74) is 1.68. The first-order chi connectivity index (χ1) is 10.9. The van der Waals surface area contributed by atoms with E-state index in [0.29, 0.717) is 34.1 Å². The molecule has 0 saturated carbocycles. The van der Waals surface area contributed by atoms with Crippen molar-refractivity contribution < 1.29 is 23.8 Å². The summed E-state index contributed by atoms with van der Waals surface area (Å²) < 4.78 is 15.9. The van der Waals surface area contributed by atoms with Gasteiger partial charge in [0, 0.05) is 11.3 Å². The van der Waals surface area contributed by atoms with Gasteiger partial charge in [0.1, 0.15) is 0 Å².